The number of benzene rings is 2. The number of esters is 1. The van der Waals surface area contributed by atoms with Gasteiger partial charge in [0.1, 0.15) is 0 Å². The first-order valence-corrected chi connectivity index (χ1v) is 8.26. The van der Waals surface area contributed by atoms with Crippen LogP contribution in [0.2, 0.25) is 0 Å². The quantitative estimate of drug-likeness (QED) is 0.781. The molecule has 2 amide bonds. The number of aryl methyl sites for hydroxylation is 1. The summed E-state index contributed by atoms with van der Waals surface area (Å²) in [5.74, 6) is -1.17. The van der Waals surface area contributed by atoms with Gasteiger partial charge in [0, 0.05) is 12.6 Å². The van der Waals surface area contributed by atoms with Crippen LogP contribution in [-0.2, 0) is 14.3 Å². The molecule has 0 saturated carbocycles. The Kier molecular flexibility index (Phi) is 6.49. The van der Waals surface area contributed by atoms with Gasteiger partial charge in [-0.25, -0.2) is 4.79 Å². The maximum Gasteiger partial charge on any atom is 0.338 e. The highest BCUT2D eigenvalue weighted by Crippen LogP contribution is 2.13. The number of hydrogen-bond acceptors (Lipinski definition) is 4. The fourth-order valence-corrected chi connectivity index (χ4v) is 2.33. The SMILES string of the molecule is CC(=O)Nc1ccc(C(=O)OCC(=O)N[C@H](C)c2ccc(C)cc2)cc1. The van der Waals surface area contributed by atoms with E-state index in [0.29, 0.717) is 11.3 Å². The van der Waals surface area contributed by atoms with Crippen molar-refractivity contribution in [2.75, 3.05) is 11.9 Å². The van der Waals surface area contributed by atoms with Crippen molar-refractivity contribution in [1.29, 1.82) is 0 Å². The maximum atomic E-state index is 12.0. The Labute approximate surface area is 152 Å². The molecule has 0 heterocycles. The summed E-state index contributed by atoms with van der Waals surface area (Å²) in [5.41, 5.74) is 3.01. The number of ether oxygens (including phenoxy) is 1. The summed E-state index contributed by atoms with van der Waals surface area (Å²) >= 11 is 0. The van der Waals surface area contributed by atoms with Gasteiger partial charge in [-0.15, -0.1) is 0 Å². The van der Waals surface area contributed by atoms with Crippen LogP contribution in [0.5, 0.6) is 0 Å². The minimum atomic E-state index is -0.600. The summed E-state index contributed by atoms with van der Waals surface area (Å²) in [4.78, 5) is 34.9. The summed E-state index contributed by atoms with van der Waals surface area (Å²) in [6.07, 6.45) is 0. The molecule has 2 rings (SSSR count). The predicted octanol–water partition coefficient (Wildman–Crippen LogP) is 2.99. The van der Waals surface area contributed by atoms with Crippen LogP contribution in [0.4, 0.5) is 5.69 Å². The van der Waals surface area contributed by atoms with Crippen LogP contribution in [0.1, 0.15) is 41.4 Å². The molecular weight excluding hydrogens is 332 g/mol. The topological polar surface area (TPSA) is 84.5 Å². The Morgan fingerprint density at radius 3 is 2.19 bits per heavy atom. The average molecular weight is 354 g/mol. The first-order chi connectivity index (χ1) is 12.3. The van der Waals surface area contributed by atoms with Gasteiger partial charge in [-0.2, -0.15) is 0 Å². The van der Waals surface area contributed by atoms with E-state index < -0.39 is 5.97 Å². The molecule has 0 saturated heterocycles. The van der Waals surface area contributed by atoms with Crippen molar-refractivity contribution in [1.82, 2.24) is 5.32 Å². The second kappa shape index (κ2) is 8.80. The molecular formula is C20H22N2O4. The second-order valence-corrected chi connectivity index (χ2v) is 6.03. The Morgan fingerprint density at radius 2 is 1.62 bits per heavy atom. The van der Waals surface area contributed by atoms with Crippen molar-refractivity contribution in [2.24, 2.45) is 0 Å². The van der Waals surface area contributed by atoms with Crippen molar-refractivity contribution >= 4 is 23.5 Å². The minimum Gasteiger partial charge on any atom is -0.452 e. The molecule has 136 valence electrons. The first kappa shape index (κ1) is 19.2. The highest BCUT2D eigenvalue weighted by Gasteiger charge is 2.13. The zero-order chi connectivity index (χ0) is 19.1. The summed E-state index contributed by atoms with van der Waals surface area (Å²) in [7, 11) is 0. The summed E-state index contributed by atoms with van der Waals surface area (Å²) < 4.78 is 5.03. The molecule has 6 nitrogen and oxygen atoms in total. The van der Waals surface area contributed by atoms with Crippen LogP contribution in [0.3, 0.4) is 0 Å². The van der Waals surface area contributed by atoms with Gasteiger partial charge in [0.05, 0.1) is 11.6 Å². The predicted molar refractivity (Wildman–Crippen MR) is 98.8 cm³/mol. The third kappa shape index (κ3) is 5.73. The number of anilines is 1. The number of rotatable bonds is 6. The minimum absolute atomic E-state index is 0.182. The van der Waals surface area contributed by atoms with Crippen LogP contribution in [0.25, 0.3) is 0 Å². The Morgan fingerprint density at radius 1 is 1.00 bits per heavy atom. The zero-order valence-electron chi connectivity index (χ0n) is 15.0. The van der Waals surface area contributed by atoms with Crippen molar-refractivity contribution in [3.63, 3.8) is 0 Å². The molecule has 26 heavy (non-hydrogen) atoms. The Hall–Kier alpha value is -3.15. The molecule has 0 radical (unpaired) electrons. The zero-order valence-corrected chi connectivity index (χ0v) is 15.0. The lowest BCUT2D eigenvalue weighted by Gasteiger charge is -2.14. The average Bonchev–Trinajstić information content (AvgIpc) is 2.60. The molecule has 0 unspecified atom stereocenters. The second-order valence-electron chi connectivity index (χ2n) is 6.03. The molecule has 0 fully saturated rings. The van der Waals surface area contributed by atoms with Gasteiger partial charge in [-0.1, -0.05) is 29.8 Å². The Bertz CT molecular complexity index is 782. The largest absolute Gasteiger partial charge is 0.452 e. The van der Waals surface area contributed by atoms with Crippen molar-refractivity contribution in [3.05, 3.63) is 65.2 Å². The van der Waals surface area contributed by atoms with Gasteiger partial charge in [-0.05, 0) is 43.7 Å². The molecule has 2 aromatic carbocycles. The van der Waals surface area contributed by atoms with E-state index in [4.69, 9.17) is 4.74 Å². The summed E-state index contributed by atoms with van der Waals surface area (Å²) in [6, 6.07) is 13.9. The summed E-state index contributed by atoms with van der Waals surface area (Å²) in [5, 5.41) is 5.40. The highest BCUT2D eigenvalue weighted by molar-refractivity contribution is 5.93. The number of carbonyl (C=O) groups excluding carboxylic acids is 3. The third-order valence-electron chi connectivity index (χ3n) is 3.73. The lowest BCUT2D eigenvalue weighted by Crippen LogP contribution is -2.31. The van der Waals surface area contributed by atoms with Crippen molar-refractivity contribution in [2.45, 2.75) is 26.8 Å². The van der Waals surface area contributed by atoms with Gasteiger partial charge >= 0.3 is 5.97 Å². The van der Waals surface area contributed by atoms with E-state index >= 15 is 0 Å². The lowest BCUT2D eigenvalue weighted by atomic mass is 10.1. The first-order valence-electron chi connectivity index (χ1n) is 8.26. The van der Waals surface area contributed by atoms with E-state index in [9.17, 15) is 14.4 Å². The van der Waals surface area contributed by atoms with Gasteiger partial charge in [0.2, 0.25) is 5.91 Å². The van der Waals surface area contributed by atoms with Gasteiger partial charge < -0.3 is 15.4 Å². The van der Waals surface area contributed by atoms with E-state index in [1.165, 1.54) is 19.1 Å². The van der Waals surface area contributed by atoms with Crippen molar-refractivity contribution < 1.29 is 19.1 Å². The fourth-order valence-electron chi connectivity index (χ4n) is 2.33. The molecule has 0 spiro atoms. The summed E-state index contributed by atoms with van der Waals surface area (Å²) in [6.45, 7) is 4.90. The fraction of sp³-hybridized carbons (Fsp3) is 0.250. The molecule has 0 aliphatic rings. The van der Waals surface area contributed by atoms with Crippen molar-refractivity contribution in [3.8, 4) is 0 Å². The van der Waals surface area contributed by atoms with E-state index in [2.05, 4.69) is 10.6 Å². The molecule has 0 bridgehead atoms. The molecule has 1 atom stereocenters. The molecule has 0 aliphatic carbocycles. The van der Waals surface area contributed by atoms with Crippen LogP contribution in [0, 0.1) is 6.92 Å². The van der Waals surface area contributed by atoms with Gasteiger partial charge in [0.25, 0.3) is 5.91 Å². The van der Waals surface area contributed by atoms with Crippen LogP contribution in [0.15, 0.2) is 48.5 Å². The molecule has 0 aliphatic heterocycles. The molecule has 2 N–H and O–H groups in total. The lowest BCUT2D eigenvalue weighted by molar-refractivity contribution is -0.124. The number of hydrogen-bond donors (Lipinski definition) is 2. The maximum absolute atomic E-state index is 12.0. The van der Waals surface area contributed by atoms with Crippen LogP contribution < -0.4 is 10.6 Å². The Balaban J connectivity index is 1.83. The molecule has 0 aromatic heterocycles. The monoisotopic (exact) mass is 354 g/mol. The van der Waals surface area contributed by atoms with Crippen LogP contribution in [-0.4, -0.2) is 24.4 Å². The van der Waals surface area contributed by atoms with Crippen LogP contribution >= 0.6 is 0 Å². The highest BCUT2D eigenvalue weighted by atomic mass is 16.5. The van der Waals surface area contributed by atoms with E-state index in [0.717, 1.165) is 11.1 Å². The smallest absolute Gasteiger partial charge is 0.338 e. The van der Waals surface area contributed by atoms with Gasteiger partial charge in [0.15, 0.2) is 6.61 Å². The number of carbonyl (C=O) groups is 3. The number of amides is 2. The standard InChI is InChI=1S/C20H22N2O4/c1-13-4-6-16(7-5-13)14(2)21-19(24)12-26-20(25)17-8-10-18(11-9-17)22-15(3)23/h4-11,14H,12H2,1-3H3,(H,21,24)(H,22,23)/t14-/m1/s1. The number of nitrogens with one attached hydrogen (secondary N) is 2. The molecule has 6 heteroatoms. The van der Waals surface area contributed by atoms with E-state index in [1.807, 2.05) is 38.1 Å². The van der Waals surface area contributed by atoms with E-state index in [-0.39, 0.29) is 24.5 Å². The molecule has 2 aromatic rings. The normalized spacial score (nSPS) is 11.3. The van der Waals surface area contributed by atoms with E-state index in [1.54, 1.807) is 12.1 Å². The van der Waals surface area contributed by atoms with Gasteiger partial charge in [-0.3, -0.25) is 9.59 Å². The third-order valence-corrected chi connectivity index (χ3v) is 3.73.